The smallest absolute Gasteiger partial charge is 0.317 e. The zero-order valence-corrected chi connectivity index (χ0v) is 14.0. The highest BCUT2D eigenvalue weighted by atomic mass is 16.5. The SMILES string of the molecule is O=C(NCCCOCC1CCOCC1)N1C[C@H]2CC=CC[C@H]2C1. The van der Waals surface area contributed by atoms with Gasteiger partial charge in [-0.25, -0.2) is 4.79 Å². The molecule has 3 aliphatic rings. The van der Waals surface area contributed by atoms with E-state index in [0.717, 1.165) is 71.6 Å². The number of hydrogen-bond donors (Lipinski definition) is 1. The third-order valence-corrected chi connectivity index (χ3v) is 5.34. The lowest BCUT2D eigenvalue weighted by Crippen LogP contribution is -2.39. The lowest BCUT2D eigenvalue weighted by molar-refractivity contribution is 0.0202. The van der Waals surface area contributed by atoms with Gasteiger partial charge in [-0.3, -0.25) is 0 Å². The minimum Gasteiger partial charge on any atom is -0.381 e. The molecule has 5 nitrogen and oxygen atoms in total. The Morgan fingerprint density at radius 2 is 1.87 bits per heavy atom. The minimum absolute atomic E-state index is 0.101. The second-order valence-electron chi connectivity index (χ2n) is 7.08. The van der Waals surface area contributed by atoms with Gasteiger partial charge in [-0.1, -0.05) is 12.2 Å². The van der Waals surface area contributed by atoms with Crippen LogP contribution in [-0.2, 0) is 9.47 Å². The molecule has 0 aromatic heterocycles. The van der Waals surface area contributed by atoms with Crippen LogP contribution in [0.25, 0.3) is 0 Å². The van der Waals surface area contributed by atoms with Gasteiger partial charge in [-0.05, 0) is 49.9 Å². The number of carbonyl (C=O) groups excluding carboxylic acids is 1. The average molecular weight is 322 g/mol. The normalized spacial score (nSPS) is 27.9. The van der Waals surface area contributed by atoms with Crippen molar-refractivity contribution in [3.63, 3.8) is 0 Å². The van der Waals surface area contributed by atoms with Crippen LogP contribution >= 0.6 is 0 Å². The van der Waals surface area contributed by atoms with Crippen LogP contribution in [0.15, 0.2) is 12.2 Å². The van der Waals surface area contributed by atoms with Gasteiger partial charge in [0.15, 0.2) is 0 Å². The molecule has 2 amide bonds. The van der Waals surface area contributed by atoms with Gasteiger partial charge in [0.05, 0.1) is 0 Å². The molecule has 0 spiro atoms. The fourth-order valence-electron chi connectivity index (χ4n) is 3.83. The molecule has 2 fully saturated rings. The Bertz CT molecular complexity index is 391. The maximum absolute atomic E-state index is 12.2. The average Bonchev–Trinajstić information content (AvgIpc) is 3.03. The van der Waals surface area contributed by atoms with E-state index >= 15 is 0 Å². The van der Waals surface area contributed by atoms with Gasteiger partial charge >= 0.3 is 6.03 Å². The number of nitrogens with zero attached hydrogens (tertiary/aromatic N) is 1. The fourth-order valence-corrected chi connectivity index (χ4v) is 3.83. The number of hydrogen-bond acceptors (Lipinski definition) is 3. The van der Waals surface area contributed by atoms with Gasteiger partial charge in [-0.2, -0.15) is 0 Å². The van der Waals surface area contributed by atoms with Crippen molar-refractivity contribution in [2.24, 2.45) is 17.8 Å². The van der Waals surface area contributed by atoms with Crippen LogP contribution in [0, 0.1) is 17.8 Å². The maximum atomic E-state index is 12.2. The van der Waals surface area contributed by atoms with Crippen LogP contribution in [0.4, 0.5) is 4.79 Å². The van der Waals surface area contributed by atoms with Crippen molar-refractivity contribution in [1.82, 2.24) is 10.2 Å². The van der Waals surface area contributed by atoms with Crippen LogP contribution in [0.5, 0.6) is 0 Å². The van der Waals surface area contributed by atoms with E-state index in [2.05, 4.69) is 17.5 Å². The van der Waals surface area contributed by atoms with Crippen LogP contribution in [0.3, 0.4) is 0 Å². The zero-order chi connectivity index (χ0) is 15.9. The maximum Gasteiger partial charge on any atom is 0.317 e. The number of fused-ring (bicyclic) bond motifs is 1. The molecule has 3 rings (SSSR count). The van der Waals surface area contributed by atoms with E-state index in [1.54, 1.807) is 0 Å². The lowest BCUT2D eigenvalue weighted by atomic mass is 9.86. The Kier molecular flexibility index (Phi) is 6.34. The van der Waals surface area contributed by atoms with Crippen molar-refractivity contribution in [1.29, 1.82) is 0 Å². The summed E-state index contributed by atoms with van der Waals surface area (Å²) in [6.07, 6.45) is 9.91. The number of urea groups is 1. The zero-order valence-electron chi connectivity index (χ0n) is 14.0. The number of likely N-dealkylation sites (tertiary alicyclic amines) is 1. The third kappa shape index (κ3) is 4.95. The van der Waals surface area contributed by atoms with E-state index in [4.69, 9.17) is 9.47 Å². The van der Waals surface area contributed by atoms with Crippen molar-refractivity contribution in [2.45, 2.75) is 32.1 Å². The van der Waals surface area contributed by atoms with Gasteiger partial charge in [0.2, 0.25) is 0 Å². The fraction of sp³-hybridized carbons (Fsp3) is 0.833. The molecule has 1 N–H and O–H groups in total. The largest absolute Gasteiger partial charge is 0.381 e. The molecule has 2 atom stereocenters. The van der Waals surface area contributed by atoms with E-state index < -0.39 is 0 Å². The first-order valence-electron chi connectivity index (χ1n) is 9.16. The molecule has 1 aliphatic carbocycles. The number of allylic oxidation sites excluding steroid dienone is 2. The van der Waals surface area contributed by atoms with Crippen molar-refractivity contribution in [3.8, 4) is 0 Å². The summed E-state index contributed by atoms with van der Waals surface area (Å²) >= 11 is 0. The number of nitrogens with one attached hydrogen (secondary N) is 1. The molecule has 0 aromatic rings. The molecule has 2 saturated heterocycles. The summed E-state index contributed by atoms with van der Waals surface area (Å²) in [5.41, 5.74) is 0. The molecule has 0 radical (unpaired) electrons. The summed E-state index contributed by atoms with van der Waals surface area (Å²) in [5, 5.41) is 3.04. The monoisotopic (exact) mass is 322 g/mol. The van der Waals surface area contributed by atoms with E-state index in [9.17, 15) is 4.79 Å². The Morgan fingerprint density at radius 3 is 2.57 bits per heavy atom. The van der Waals surface area contributed by atoms with E-state index in [1.165, 1.54) is 0 Å². The topological polar surface area (TPSA) is 50.8 Å². The number of ether oxygens (including phenoxy) is 2. The minimum atomic E-state index is 0.101. The Labute approximate surface area is 139 Å². The lowest BCUT2D eigenvalue weighted by Gasteiger charge is -2.21. The van der Waals surface area contributed by atoms with E-state index in [1.807, 2.05) is 4.90 Å². The highest BCUT2D eigenvalue weighted by molar-refractivity contribution is 5.74. The van der Waals surface area contributed by atoms with Gasteiger partial charge in [0, 0.05) is 46.1 Å². The summed E-state index contributed by atoms with van der Waals surface area (Å²) in [4.78, 5) is 14.2. The third-order valence-electron chi connectivity index (χ3n) is 5.34. The van der Waals surface area contributed by atoms with Crippen LogP contribution < -0.4 is 5.32 Å². The highest BCUT2D eigenvalue weighted by Gasteiger charge is 2.34. The predicted molar refractivity (Wildman–Crippen MR) is 89.3 cm³/mol. The van der Waals surface area contributed by atoms with E-state index in [0.29, 0.717) is 24.3 Å². The van der Waals surface area contributed by atoms with Crippen molar-refractivity contribution in [3.05, 3.63) is 12.2 Å². The molecular weight excluding hydrogens is 292 g/mol. The van der Waals surface area contributed by atoms with Crippen LogP contribution in [0.1, 0.15) is 32.1 Å². The first kappa shape index (κ1) is 16.8. The van der Waals surface area contributed by atoms with E-state index in [-0.39, 0.29) is 6.03 Å². The van der Waals surface area contributed by atoms with Crippen LogP contribution in [-0.4, -0.2) is 57.0 Å². The molecule has 130 valence electrons. The molecule has 23 heavy (non-hydrogen) atoms. The standard InChI is InChI=1S/C18H30N2O3/c21-18(20-12-16-4-1-2-5-17(16)13-20)19-8-3-9-23-14-15-6-10-22-11-7-15/h1-2,15-17H,3-14H2,(H,19,21)/t16-,17+. The second-order valence-corrected chi connectivity index (χ2v) is 7.08. The van der Waals surface area contributed by atoms with Gasteiger partial charge in [-0.15, -0.1) is 0 Å². The van der Waals surface area contributed by atoms with Crippen molar-refractivity contribution in [2.75, 3.05) is 46.1 Å². The Balaban J connectivity index is 1.22. The summed E-state index contributed by atoms with van der Waals surface area (Å²) in [7, 11) is 0. The Morgan fingerprint density at radius 1 is 1.17 bits per heavy atom. The molecule has 0 unspecified atom stereocenters. The molecule has 2 heterocycles. The van der Waals surface area contributed by atoms with Gasteiger partial charge < -0.3 is 19.7 Å². The first-order valence-corrected chi connectivity index (χ1v) is 9.16. The summed E-state index contributed by atoms with van der Waals surface area (Å²) in [6, 6.07) is 0.101. The number of carbonyl (C=O) groups is 1. The summed E-state index contributed by atoms with van der Waals surface area (Å²) in [5.74, 6) is 2.00. The molecule has 0 aromatic carbocycles. The molecule has 0 saturated carbocycles. The van der Waals surface area contributed by atoms with Gasteiger partial charge in [0.25, 0.3) is 0 Å². The number of rotatable bonds is 6. The van der Waals surface area contributed by atoms with Gasteiger partial charge in [0.1, 0.15) is 0 Å². The van der Waals surface area contributed by atoms with Crippen molar-refractivity contribution >= 4 is 6.03 Å². The second kappa shape index (κ2) is 8.69. The van der Waals surface area contributed by atoms with Crippen LogP contribution in [0.2, 0.25) is 0 Å². The summed E-state index contributed by atoms with van der Waals surface area (Å²) in [6.45, 7) is 5.85. The Hall–Kier alpha value is -1.07. The quantitative estimate of drug-likeness (QED) is 0.603. The predicted octanol–water partition coefficient (Wildman–Crippen LogP) is 2.43. The highest BCUT2D eigenvalue weighted by Crippen LogP contribution is 2.32. The molecule has 5 heteroatoms. The number of amides is 2. The van der Waals surface area contributed by atoms with Crippen molar-refractivity contribution < 1.29 is 14.3 Å². The molecular formula is C18H30N2O3. The summed E-state index contributed by atoms with van der Waals surface area (Å²) < 4.78 is 11.1. The molecule has 2 aliphatic heterocycles. The molecule has 0 bridgehead atoms. The first-order chi connectivity index (χ1) is 11.3.